The standard InChI is InChI=1S/C19H18FN3O2/c1-13-5-4-7-15-18(13)22-12-23(19(15)25)10-9-17(24)21-11-14-6-2-3-8-16(14)20/h2-8,12H,9-11H2,1H3,(H,21,24). The zero-order valence-electron chi connectivity index (χ0n) is 13.8. The topological polar surface area (TPSA) is 64.0 Å². The van der Waals surface area contributed by atoms with Gasteiger partial charge in [0.05, 0.1) is 17.2 Å². The third-order valence-electron chi connectivity index (χ3n) is 4.07. The molecule has 0 atom stereocenters. The highest BCUT2D eigenvalue weighted by molar-refractivity contribution is 5.80. The molecule has 1 N–H and O–H groups in total. The van der Waals surface area contributed by atoms with Crippen molar-refractivity contribution in [2.24, 2.45) is 0 Å². The lowest BCUT2D eigenvalue weighted by molar-refractivity contribution is -0.121. The van der Waals surface area contributed by atoms with Crippen LogP contribution in [-0.2, 0) is 17.9 Å². The van der Waals surface area contributed by atoms with Gasteiger partial charge in [-0.15, -0.1) is 0 Å². The molecule has 1 aromatic heterocycles. The molecule has 0 bridgehead atoms. The molecule has 0 aliphatic carbocycles. The maximum Gasteiger partial charge on any atom is 0.261 e. The van der Waals surface area contributed by atoms with Crippen LogP contribution in [0, 0.1) is 12.7 Å². The molecule has 0 aliphatic rings. The van der Waals surface area contributed by atoms with E-state index >= 15 is 0 Å². The lowest BCUT2D eigenvalue weighted by atomic mass is 10.1. The van der Waals surface area contributed by atoms with Gasteiger partial charge < -0.3 is 5.32 Å². The third kappa shape index (κ3) is 3.74. The summed E-state index contributed by atoms with van der Waals surface area (Å²) >= 11 is 0. The molecule has 0 saturated heterocycles. The van der Waals surface area contributed by atoms with Crippen LogP contribution in [0.15, 0.2) is 53.6 Å². The highest BCUT2D eigenvalue weighted by Crippen LogP contribution is 2.11. The lowest BCUT2D eigenvalue weighted by Crippen LogP contribution is -2.27. The first-order valence-electron chi connectivity index (χ1n) is 8.01. The Kier molecular flexibility index (Phi) is 4.88. The lowest BCUT2D eigenvalue weighted by Gasteiger charge is -2.09. The van der Waals surface area contributed by atoms with Crippen molar-refractivity contribution in [3.63, 3.8) is 0 Å². The number of rotatable bonds is 5. The molecule has 0 radical (unpaired) electrons. The van der Waals surface area contributed by atoms with Crippen LogP contribution in [0.5, 0.6) is 0 Å². The summed E-state index contributed by atoms with van der Waals surface area (Å²) in [5, 5.41) is 3.20. The van der Waals surface area contributed by atoms with E-state index in [1.165, 1.54) is 17.0 Å². The Labute approximate surface area is 144 Å². The normalized spacial score (nSPS) is 10.8. The van der Waals surface area contributed by atoms with Crippen molar-refractivity contribution in [2.45, 2.75) is 26.4 Å². The van der Waals surface area contributed by atoms with E-state index in [0.29, 0.717) is 16.5 Å². The minimum absolute atomic E-state index is 0.118. The van der Waals surface area contributed by atoms with Gasteiger partial charge in [-0.3, -0.25) is 14.2 Å². The molecule has 0 unspecified atom stereocenters. The molecule has 128 valence electrons. The summed E-state index contributed by atoms with van der Waals surface area (Å²) in [5.74, 6) is -0.604. The van der Waals surface area contributed by atoms with Gasteiger partial charge in [0.2, 0.25) is 5.91 Å². The fourth-order valence-corrected chi connectivity index (χ4v) is 2.64. The number of para-hydroxylation sites is 1. The van der Waals surface area contributed by atoms with Crippen molar-refractivity contribution >= 4 is 16.8 Å². The van der Waals surface area contributed by atoms with Crippen LogP contribution in [0.25, 0.3) is 10.9 Å². The molecule has 0 spiro atoms. The number of carbonyl (C=O) groups is 1. The highest BCUT2D eigenvalue weighted by Gasteiger charge is 2.08. The molecular weight excluding hydrogens is 321 g/mol. The van der Waals surface area contributed by atoms with Gasteiger partial charge in [-0.2, -0.15) is 0 Å². The van der Waals surface area contributed by atoms with Crippen molar-refractivity contribution in [2.75, 3.05) is 0 Å². The van der Waals surface area contributed by atoms with E-state index in [-0.39, 0.29) is 36.8 Å². The summed E-state index contributed by atoms with van der Waals surface area (Å²) in [7, 11) is 0. The number of halogens is 1. The minimum atomic E-state index is -0.354. The molecular formula is C19H18FN3O2. The predicted molar refractivity (Wildman–Crippen MR) is 93.6 cm³/mol. The van der Waals surface area contributed by atoms with Crippen LogP contribution in [-0.4, -0.2) is 15.5 Å². The molecule has 0 saturated carbocycles. The second-order valence-corrected chi connectivity index (χ2v) is 5.83. The van der Waals surface area contributed by atoms with Crippen LogP contribution in [0.4, 0.5) is 4.39 Å². The number of hydrogen-bond acceptors (Lipinski definition) is 3. The second kappa shape index (κ2) is 7.25. The predicted octanol–water partition coefficient (Wildman–Crippen LogP) is 2.55. The van der Waals surface area contributed by atoms with Crippen LogP contribution in [0.3, 0.4) is 0 Å². The van der Waals surface area contributed by atoms with Gasteiger partial charge in [0, 0.05) is 25.1 Å². The first-order chi connectivity index (χ1) is 12.1. The number of amides is 1. The van der Waals surface area contributed by atoms with Crippen molar-refractivity contribution < 1.29 is 9.18 Å². The first-order valence-corrected chi connectivity index (χ1v) is 8.01. The largest absolute Gasteiger partial charge is 0.352 e. The zero-order chi connectivity index (χ0) is 17.8. The maximum absolute atomic E-state index is 13.5. The van der Waals surface area contributed by atoms with E-state index in [0.717, 1.165) is 5.56 Å². The molecule has 1 amide bonds. The van der Waals surface area contributed by atoms with Gasteiger partial charge in [0.15, 0.2) is 0 Å². The van der Waals surface area contributed by atoms with E-state index in [1.54, 1.807) is 24.3 Å². The molecule has 0 fully saturated rings. The van der Waals surface area contributed by atoms with Gasteiger partial charge >= 0.3 is 0 Å². The average Bonchev–Trinajstić information content (AvgIpc) is 2.61. The number of aryl methyl sites for hydroxylation is 2. The maximum atomic E-state index is 13.5. The quantitative estimate of drug-likeness (QED) is 0.777. The van der Waals surface area contributed by atoms with Gasteiger partial charge in [-0.05, 0) is 24.6 Å². The van der Waals surface area contributed by atoms with E-state index < -0.39 is 0 Å². The number of carbonyl (C=O) groups excluding carboxylic acids is 1. The first kappa shape index (κ1) is 16.8. The van der Waals surface area contributed by atoms with E-state index in [1.807, 2.05) is 19.1 Å². The smallest absolute Gasteiger partial charge is 0.261 e. The molecule has 3 aromatic rings. The summed E-state index contributed by atoms with van der Waals surface area (Å²) in [6, 6.07) is 11.7. The van der Waals surface area contributed by atoms with Crippen LogP contribution in [0.1, 0.15) is 17.5 Å². The second-order valence-electron chi connectivity index (χ2n) is 5.83. The molecule has 1 heterocycles. The Bertz CT molecular complexity index is 982. The number of fused-ring (bicyclic) bond motifs is 1. The van der Waals surface area contributed by atoms with E-state index in [2.05, 4.69) is 10.3 Å². The van der Waals surface area contributed by atoms with Crippen molar-refractivity contribution in [3.8, 4) is 0 Å². The number of benzene rings is 2. The van der Waals surface area contributed by atoms with E-state index in [9.17, 15) is 14.0 Å². The van der Waals surface area contributed by atoms with Crippen molar-refractivity contribution in [1.82, 2.24) is 14.9 Å². The van der Waals surface area contributed by atoms with Gasteiger partial charge in [-0.1, -0.05) is 30.3 Å². The van der Waals surface area contributed by atoms with Gasteiger partial charge in [0.25, 0.3) is 5.56 Å². The molecule has 6 heteroatoms. The third-order valence-corrected chi connectivity index (χ3v) is 4.07. The van der Waals surface area contributed by atoms with E-state index in [4.69, 9.17) is 0 Å². The molecule has 2 aromatic carbocycles. The van der Waals surface area contributed by atoms with Crippen molar-refractivity contribution in [3.05, 3.63) is 76.1 Å². The summed E-state index contributed by atoms with van der Waals surface area (Å²) < 4.78 is 14.9. The SMILES string of the molecule is Cc1cccc2c(=O)n(CCC(=O)NCc3ccccc3F)cnc12. The minimum Gasteiger partial charge on any atom is -0.352 e. The highest BCUT2D eigenvalue weighted by atomic mass is 19.1. The Morgan fingerprint density at radius 2 is 2.00 bits per heavy atom. The molecule has 25 heavy (non-hydrogen) atoms. The van der Waals surface area contributed by atoms with Crippen LogP contribution < -0.4 is 10.9 Å². The summed E-state index contributed by atoms with van der Waals surface area (Å²) in [5.41, 5.74) is 1.86. The molecule has 5 nitrogen and oxygen atoms in total. The number of nitrogens with zero attached hydrogens (tertiary/aromatic N) is 2. The molecule has 3 rings (SSSR count). The Balaban J connectivity index is 1.64. The zero-order valence-corrected chi connectivity index (χ0v) is 13.8. The fourth-order valence-electron chi connectivity index (χ4n) is 2.64. The number of hydrogen-bond donors (Lipinski definition) is 1. The Morgan fingerprint density at radius 3 is 2.80 bits per heavy atom. The summed E-state index contributed by atoms with van der Waals surface area (Å²) in [4.78, 5) is 28.7. The summed E-state index contributed by atoms with van der Waals surface area (Å²) in [6.45, 7) is 2.24. The van der Waals surface area contributed by atoms with Gasteiger partial charge in [-0.25, -0.2) is 9.37 Å². The number of aromatic nitrogens is 2. The Morgan fingerprint density at radius 1 is 1.20 bits per heavy atom. The number of nitrogens with one attached hydrogen (secondary N) is 1. The summed E-state index contributed by atoms with van der Waals surface area (Å²) in [6.07, 6.45) is 1.58. The Hall–Kier alpha value is -3.02. The fraction of sp³-hybridized carbons (Fsp3) is 0.211. The average molecular weight is 339 g/mol. The van der Waals surface area contributed by atoms with Gasteiger partial charge in [0.1, 0.15) is 5.82 Å². The monoisotopic (exact) mass is 339 g/mol. The van der Waals surface area contributed by atoms with Crippen molar-refractivity contribution in [1.29, 1.82) is 0 Å². The van der Waals surface area contributed by atoms with Crippen LogP contribution in [0.2, 0.25) is 0 Å². The van der Waals surface area contributed by atoms with Crippen LogP contribution >= 0.6 is 0 Å². The molecule has 0 aliphatic heterocycles.